The smallest absolute Gasteiger partial charge is 0.262 e. The molecule has 3 rings (SSSR count). The lowest BCUT2D eigenvalue weighted by molar-refractivity contribution is -0.118. The van der Waals surface area contributed by atoms with E-state index in [1.54, 1.807) is 54.5 Å². The number of hydrogen-bond acceptors (Lipinski definition) is 5. The van der Waals surface area contributed by atoms with E-state index in [4.69, 9.17) is 9.47 Å². The molecular weight excluding hydrogens is 360 g/mol. The first-order valence-corrected chi connectivity index (χ1v) is 9.00. The van der Waals surface area contributed by atoms with E-state index in [1.807, 2.05) is 0 Å². The molecule has 0 aliphatic carbocycles. The van der Waals surface area contributed by atoms with Gasteiger partial charge in [0.15, 0.2) is 12.4 Å². The summed E-state index contributed by atoms with van der Waals surface area (Å²) < 4.78 is 10.8. The third kappa shape index (κ3) is 4.49. The molecule has 0 unspecified atom stereocenters. The van der Waals surface area contributed by atoms with Crippen molar-refractivity contribution in [3.8, 4) is 11.5 Å². The van der Waals surface area contributed by atoms with Crippen LogP contribution in [-0.4, -0.2) is 37.9 Å². The molecule has 0 saturated carbocycles. The SMILES string of the molecule is COc1ccc(NC(=O)COc2cccc(C(C)=O)c2)cc1N1CCCC1=O. The molecule has 0 radical (unpaired) electrons. The standard InChI is InChI=1S/C21H22N2O5/c1-14(24)15-5-3-6-17(11-15)28-13-20(25)22-16-8-9-19(27-2)18(12-16)23-10-4-7-21(23)26/h3,5-6,8-9,11-12H,4,7,10,13H2,1-2H3,(H,22,25). The summed E-state index contributed by atoms with van der Waals surface area (Å²) in [7, 11) is 1.54. The van der Waals surface area contributed by atoms with Gasteiger partial charge >= 0.3 is 0 Å². The maximum atomic E-state index is 12.2. The lowest BCUT2D eigenvalue weighted by Crippen LogP contribution is -2.25. The number of nitrogens with zero attached hydrogens (tertiary/aromatic N) is 1. The highest BCUT2D eigenvalue weighted by atomic mass is 16.5. The summed E-state index contributed by atoms with van der Waals surface area (Å²) in [6.07, 6.45) is 1.30. The summed E-state index contributed by atoms with van der Waals surface area (Å²) in [6, 6.07) is 11.8. The van der Waals surface area contributed by atoms with Gasteiger partial charge in [-0.2, -0.15) is 0 Å². The normalized spacial score (nSPS) is 13.4. The minimum absolute atomic E-state index is 0.0375. The number of ketones is 1. The first-order valence-electron chi connectivity index (χ1n) is 9.00. The molecular formula is C21H22N2O5. The fourth-order valence-corrected chi connectivity index (χ4v) is 3.03. The van der Waals surface area contributed by atoms with Crippen molar-refractivity contribution in [1.82, 2.24) is 0 Å². The van der Waals surface area contributed by atoms with Gasteiger partial charge in [0.1, 0.15) is 11.5 Å². The zero-order valence-electron chi connectivity index (χ0n) is 15.9. The summed E-state index contributed by atoms with van der Waals surface area (Å²) in [5.41, 5.74) is 1.70. The predicted octanol–water partition coefficient (Wildman–Crippen LogP) is 3.04. The summed E-state index contributed by atoms with van der Waals surface area (Å²) in [6.45, 7) is 1.89. The van der Waals surface area contributed by atoms with E-state index in [1.165, 1.54) is 6.92 Å². The second-order valence-electron chi connectivity index (χ2n) is 6.46. The molecule has 1 aliphatic rings. The first-order chi connectivity index (χ1) is 13.5. The van der Waals surface area contributed by atoms with Crippen LogP contribution < -0.4 is 19.7 Å². The van der Waals surface area contributed by atoms with Crippen molar-refractivity contribution in [2.24, 2.45) is 0 Å². The van der Waals surface area contributed by atoms with Crippen molar-refractivity contribution in [2.45, 2.75) is 19.8 Å². The monoisotopic (exact) mass is 382 g/mol. The van der Waals surface area contributed by atoms with Gasteiger partial charge in [0.05, 0.1) is 12.8 Å². The number of methoxy groups -OCH3 is 1. The molecule has 0 aromatic heterocycles. The fraction of sp³-hybridized carbons (Fsp3) is 0.286. The number of benzene rings is 2. The van der Waals surface area contributed by atoms with Gasteiger partial charge in [-0.25, -0.2) is 0 Å². The molecule has 1 N–H and O–H groups in total. The molecule has 7 heteroatoms. The molecule has 1 fully saturated rings. The Morgan fingerprint density at radius 2 is 2.00 bits per heavy atom. The molecule has 1 saturated heterocycles. The lowest BCUT2D eigenvalue weighted by Gasteiger charge is -2.20. The Bertz CT molecular complexity index is 909. The summed E-state index contributed by atoms with van der Waals surface area (Å²) in [5.74, 6) is 0.635. The van der Waals surface area contributed by atoms with Crippen LogP contribution >= 0.6 is 0 Å². The Labute approximate surface area is 163 Å². The zero-order valence-corrected chi connectivity index (χ0v) is 15.9. The minimum Gasteiger partial charge on any atom is -0.495 e. The van der Waals surface area contributed by atoms with Crippen molar-refractivity contribution in [1.29, 1.82) is 0 Å². The van der Waals surface area contributed by atoms with Crippen LogP contribution in [0.4, 0.5) is 11.4 Å². The Kier molecular flexibility index (Phi) is 5.93. The molecule has 28 heavy (non-hydrogen) atoms. The van der Waals surface area contributed by atoms with E-state index in [-0.39, 0.29) is 24.2 Å². The average molecular weight is 382 g/mol. The van der Waals surface area contributed by atoms with Gasteiger partial charge in [0.25, 0.3) is 5.91 Å². The van der Waals surface area contributed by atoms with Crippen molar-refractivity contribution < 1.29 is 23.9 Å². The number of nitrogens with one attached hydrogen (secondary N) is 1. The average Bonchev–Trinajstić information content (AvgIpc) is 3.12. The number of carbonyl (C=O) groups excluding carboxylic acids is 3. The van der Waals surface area contributed by atoms with Gasteiger partial charge in [-0.3, -0.25) is 14.4 Å². The van der Waals surface area contributed by atoms with Gasteiger partial charge in [0, 0.05) is 24.2 Å². The molecule has 2 aromatic carbocycles. The van der Waals surface area contributed by atoms with Gasteiger partial charge < -0.3 is 19.7 Å². The Morgan fingerprint density at radius 3 is 2.68 bits per heavy atom. The highest BCUT2D eigenvalue weighted by Crippen LogP contribution is 2.34. The highest BCUT2D eigenvalue weighted by molar-refractivity contribution is 5.99. The number of ether oxygens (including phenoxy) is 2. The summed E-state index contributed by atoms with van der Waals surface area (Å²) in [5, 5.41) is 2.76. The fourth-order valence-electron chi connectivity index (χ4n) is 3.03. The van der Waals surface area contributed by atoms with Crippen LogP contribution in [0.3, 0.4) is 0 Å². The van der Waals surface area contributed by atoms with E-state index in [9.17, 15) is 14.4 Å². The number of anilines is 2. The highest BCUT2D eigenvalue weighted by Gasteiger charge is 2.24. The van der Waals surface area contributed by atoms with Crippen molar-refractivity contribution in [3.63, 3.8) is 0 Å². The Balaban J connectivity index is 1.66. The van der Waals surface area contributed by atoms with Crippen molar-refractivity contribution >= 4 is 29.0 Å². The third-order valence-corrected chi connectivity index (χ3v) is 4.44. The molecule has 7 nitrogen and oxygen atoms in total. The third-order valence-electron chi connectivity index (χ3n) is 4.44. The number of hydrogen-bond donors (Lipinski definition) is 1. The number of carbonyl (C=O) groups is 3. The van der Waals surface area contributed by atoms with E-state index in [0.29, 0.717) is 41.4 Å². The van der Waals surface area contributed by atoms with E-state index in [0.717, 1.165) is 6.42 Å². The van der Waals surface area contributed by atoms with Gasteiger partial charge in [-0.1, -0.05) is 12.1 Å². The molecule has 2 amide bonds. The van der Waals surface area contributed by atoms with Gasteiger partial charge in [-0.15, -0.1) is 0 Å². The van der Waals surface area contributed by atoms with Crippen molar-refractivity contribution in [2.75, 3.05) is 30.5 Å². The second kappa shape index (κ2) is 8.56. The second-order valence-corrected chi connectivity index (χ2v) is 6.46. The topological polar surface area (TPSA) is 84.9 Å². The molecule has 2 aromatic rings. The minimum atomic E-state index is -0.350. The van der Waals surface area contributed by atoms with Crippen molar-refractivity contribution in [3.05, 3.63) is 48.0 Å². The number of Topliss-reactive ketones (excluding diaryl/α,β-unsaturated/α-hetero) is 1. The summed E-state index contributed by atoms with van der Waals surface area (Å²) in [4.78, 5) is 37.4. The summed E-state index contributed by atoms with van der Waals surface area (Å²) >= 11 is 0. The van der Waals surface area contributed by atoms with Crippen LogP contribution in [0.1, 0.15) is 30.1 Å². The molecule has 1 aliphatic heterocycles. The zero-order chi connectivity index (χ0) is 20.1. The quantitative estimate of drug-likeness (QED) is 0.744. The van der Waals surface area contributed by atoms with Crippen LogP contribution in [0, 0.1) is 0 Å². The largest absolute Gasteiger partial charge is 0.495 e. The Hall–Kier alpha value is -3.35. The molecule has 0 atom stereocenters. The van der Waals surface area contributed by atoms with Crippen LogP contribution in [0.2, 0.25) is 0 Å². The van der Waals surface area contributed by atoms with Gasteiger partial charge in [0.2, 0.25) is 5.91 Å². The van der Waals surface area contributed by atoms with Crippen LogP contribution in [0.15, 0.2) is 42.5 Å². The maximum absolute atomic E-state index is 12.2. The van der Waals surface area contributed by atoms with Gasteiger partial charge in [-0.05, 0) is 43.7 Å². The lowest BCUT2D eigenvalue weighted by atomic mass is 10.1. The Morgan fingerprint density at radius 1 is 1.18 bits per heavy atom. The van der Waals surface area contributed by atoms with E-state index in [2.05, 4.69) is 5.32 Å². The molecule has 0 spiro atoms. The number of amides is 2. The van der Waals surface area contributed by atoms with E-state index >= 15 is 0 Å². The van der Waals surface area contributed by atoms with E-state index < -0.39 is 0 Å². The van der Waals surface area contributed by atoms with Crippen LogP contribution in [0.5, 0.6) is 11.5 Å². The first kappa shape index (κ1) is 19.4. The molecule has 1 heterocycles. The maximum Gasteiger partial charge on any atom is 0.262 e. The molecule has 146 valence electrons. The predicted molar refractivity (Wildman–Crippen MR) is 105 cm³/mol. The van der Waals surface area contributed by atoms with Crippen LogP contribution in [-0.2, 0) is 9.59 Å². The number of rotatable bonds is 7. The molecule has 0 bridgehead atoms. The van der Waals surface area contributed by atoms with Crippen LogP contribution in [0.25, 0.3) is 0 Å².